The molecule has 1 fully saturated rings. The maximum Gasteiger partial charge on any atom is 0.242 e. The summed E-state index contributed by atoms with van der Waals surface area (Å²) in [5.41, 5.74) is 2.18. The number of aromatic nitrogens is 1. The summed E-state index contributed by atoms with van der Waals surface area (Å²) in [6.07, 6.45) is 0.122. The first-order valence-corrected chi connectivity index (χ1v) is 8.00. The fourth-order valence-electron chi connectivity index (χ4n) is 2.87. The lowest BCUT2D eigenvalue weighted by atomic mass is 10.2. The van der Waals surface area contributed by atoms with E-state index in [-0.39, 0.29) is 12.0 Å². The average molecular weight is 351 g/mol. The van der Waals surface area contributed by atoms with Crippen LogP contribution in [0.25, 0.3) is 10.9 Å². The minimum Gasteiger partial charge on any atom is -0.375 e. The normalized spacial score (nSPS) is 19.2. The van der Waals surface area contributed by atoms with Crippen LogP contribution in [0.2, 0.25) is 0 Å². The number of carbonyl (C=O) groups excluding carboxylic acids is 1. The molecule has 2 heterocycles. The Hall–Kier alpha value is -1.33. The van der Waals surface area contributed by atoms with Crippen molar-refractivity contribution < 1.29 is 9.53 Å². The lowest BCUT2D eigenvalue weighted by Crippen LogP contribution is -2.45. The fourth-order valence-corrected chi connectivity index (χ4v) is 3.42. The van der Waals surface area contributed by atoms with Gasteiger partial charge in [0.25, 0.3) is 0 Å². The first-order chi connectivity index (χ1) is 10.1. The molecule has 0 saturated carbocycles. The van der Waals surface area contributed by atoms with Gasteiger partial charge in [-0.05, 0) is 35.8 Å². The first kappa shape index (κ1) is 14.6. The summed E-state index contributed by atoms with van der Waals surface area (Å²) in [4.78, 5) is 14.5. The van der Waals surface area contributed by atoms with E-state index in [2.05, 4.69) is 32.6 Å². The number of halogens is 1. The van der Waals surface area contributed by atoms with Crippen LogP contribution in [0.5, 0.6) is 0 Å². The van der Waals surface area contributed by atoms with Crippen molar-refractivity contribution in [1.82, 2.24) is 9.47 Å². The minimum atomic E-state index is 0.122. The summed E-state index contributed by atoms with van der Waals surface area (Å²) in [6.45, 7) is 6.42. The number of amides is 1. The van der Waals surface area contributed by atoms with Crippen LogP contribution in [0.3, 0.4) is 0 Å². The molecule has 1 amide bonds. The van der Waals surface area contributed by atoms with Crippen LogP contribution in [0.1, 0.15) is 12.6 Å². The molecule has 3 rings (SSSR count). The van der Waals surface area contributed by atoms with Crippen molar-refractivity contribution in [3.05, 3.63) is 34.4 Å². The van der Waals surface area contributed by atoms with Crippen LogP contribution in [0.15, 0.2) is 28.7 Å². The van der Waals surface area contributed by atoms with Crippen LogP contribution >= 0.6 is 15.9 Å². The number of rotatable bonds is 2. The number of morpholine rings is 1. The molecule has 1 aromatic heterocycles. The summed E-state index contributed by atoms with van der Waals surface area (Å²) < 4.78 is 8.65. The Morgan fingerprint density at radius 3 is 2.95 bits per heavy atom. The molecule has 5 heteroatoms. The smallest absolute Gasteiger partial charge is 0.242 e. The van der Waals surface area contributed by atoms with Crippen molar-refractivity contribution in [3.8, 4) is 0 Å². The number of carbonyl (C=O) groups is 1. The average Bonchev–Trinajstić information content (AvgIpc) is 2.73. The van der Waals surface area contributed by atoms with E-state index < -0.39 is 0 Å². The highest BCUT2D eigenvalue weighted by atomic mass is 79.9. The number of hydrogen-bond donors (Lipinski definition) is 0. The van der Waals surface area contributed by atoms with Crippen molar-refractivity contribution in [1.29, 1.82) is 0 Å². The molecule has 1 aliphatic rings. The van der Waals surface area contributed by atoms with Crippen molar-refractivity contribution in [2.45, 2.75) is 26.5 Å². The van der Waals surface area contributed by atoms with E-state index in [1.54, 1.807) is 0 Å². The molecular formula is C16H19BrN2O2. The monoisotopic (exact) mass is 350 g/mol. The molecule has 1 saturated heterocycles. The van der Waals surface area contributed by atoms with Crippen LogP contribution < -0.4 is 0 Å². The highest BCUT2D eigenvalue weighted by molar-refractivity contribution is 9.10. The predicted molar refractivity (Wildman–Crippen MR) is 86.4 cm³/mol. The van der Waals surface area contributed by atoms with E-state index in [9.17, 15) is 4.79 Å². The maximum absolute atomic E-state index is 12.6. The van der Waals surface area contributed by atoms with E-state index in [1.807, 2.05) is 30.9 Å². The number of nitrogens with zero attached hydrogens (tertiary/aromatic N) is 2. The molecule has 4 nitrogen and oxygen atoms in total. The lowest BCUT2D eigenvalue weighted by Gasteiger charge is -2.31. The molecule has 21 heavy (non-hydrogen) atoms. The summed E-state index contributed by atoms with van der Waals surface area (Å²) in [5, 5.41) is 1.15. The number of ether oxygens (including phenoxy) is 1. The number of hydrogen-bond acceptors (Lipinski definition) is 2. The zero-order chi connectivity index (χ0) is 15.0. The molecule has 0 N–H and O–H groups in total. The topological polar surface area (TPSA) is 34.5 Å². The highest BCUT2D eigenvalue weighted by Gasteiger charge is 2.23. The molecule has 0 spiro atoms. The second kappa shape index (κ2) is 5.81. The van der Waals surface area contributed by atoms with E-state index in [0.29, 0.717) is 26.2 Å². The van der Waals surface area contributed by atoms with E-state index in [1.165, 1.54) is 0 Å². The Labute approximate surface area is 132 Å². The van der Waals surface area contributed by atoms with E-state index >= 15 is 0 Å². The Kier molecular flexibility index (Phi) is 4.04. The quantitative estimate of drug-likeness (QED) is 0.834. The molecule has 0 bridgehead atoms. The minimum absolute atomic E-state index is 0.122. The molecule has 2 aromatic rings. The van der Waals surface area contributed by atoms with Crippen LogP contribution in [-0.4, -0.2) is 41.2 Å². The summed E-state index contributed by atoms with van der Waals surface area (Å²) in [6, 6.07) is 8.15. The number of para-hydroxylation sites is 1. The Morgan fingerprint density at radius 1 is 1.43 bits per heavy atom. The van der Waals surface area contributed by atoms with Gasteiger partial charge in [-0.1, -0.05) is 18.2 Å². The zero-order valence-corrected chi connectivity index (χ0v) is 13.9. The third-order valence-electron chi connectivity index (χ3n) is 4.04. The molecule has 1 unspecified atom stereocenters. The molecule has 0 radical (unpaired) electrons. The van der Waals surface area contributed by atoms with Gasteiger partial charge in [-0.3, -0.25) is 4.79 Å². The molecule has 112 valence electrons. The SMILES string of the molecule is Cc1c(Br)c2ccccc2n1CC(=O)N1CCOC(C)C1. The summed E-state index contributed by atoms with van der Waals surface area (Å²) in [7, 11) is 0. The Morgan fingerprint density at radius 2 is 2.19 bits per heavy atom. The first-order valence-electron chi connectivity index (χ1n) is 7.20. The van der Waals surface area contributed by atoms with Gasteiger partial charge in [0, 0.05) is 34.2 Å². The molecule has 1 aliphatic heterocycles. The second-order valence-corrected chi connectivity index (χ2v) is 6.32. The van der Waals surface area contributed by atoms with Gasteiger partial charge in [-0.2, -0.15) is 0 Å². The van der Waals surface area contributed by atoms with Crippen molar-refractivity contribution in [3.63, 3.8) is 0 Å². The Bertz CT molecular complexity index is 680. The van der Waals surface area contributed by atoms with Gasteiger partial charge < -0.3 is 14.2 Å². The molecule has 1 atom stereocenters. The van der Waals surface area contributed by atoms with E-state index in [0.717, 1.165) is 21.1 Å². The number of fused-ring (bicyclic) bond motifs is 1. The third kappa shape index (κ3) is 2.72. The maximum atomic E-state index is 12.6. The van der Waals surface area contributed by atoms with Gasteiger partial charge in [0.05, 0.1) is 12.7 Å². The third-order valence-corrected chi connectivity index (χ3v) is 5.04. The van der Waals surface area contributed by atoms with E-state index in [4.69, 9.17) is 4.74 Å². The number of benzene rings is 1. The second-order valence-electron chi connectivity index (χ2n) is 5.52. The largest absolute Gasteiger partial charge is 0.375 e. The van der Waals surface area contributed by atoms with Crippen LogP contribution in [-0.2, 0) is 16.1 Å². The van der Waals surface area contributed by atoms with Crippen molar-refractivity contribution in [2.75, 3.05) is 19.7 Å². The molecular weight excluding hydrogens is 332 g/mol. The standard InChI is InChI=1S/C16H19BrN2O2/c1-11-9-18(7-8-21-11)15(20)10-19-12(2)16(17)13-5-3-4-6-14(13)19/h3-6,11H,7-10H2,1-2H3. The fraction of sp³-hybridized carbons (Fsp3) is 0.438. The molecule has 1 aromatic carbocycles. The zero-order valence-electron chi connectivity index (χ0n) is 12.3. The highest BCUT2D eigenvalue weighted by Crippen LogP contribution is 2.30. The van der Waals surface area contributed by atoms with Gasteiger partial charge in [-0.15, -0.1) is 0 Å². The van der Waals surface area contributed by atoms with Gasteiger partial charge in [0.1, 0.15) is 6.54 Å². The summed E-state index contributed by atoms with van der Waals surface area (Å²) >= 11 is 3.63. The van der Waals surface area contributed by atoms with Crippen LogP contribution in [0.4, 0.5) is 0 Å². The van der Waals surface area contributed by atoms with Crippen LogP contribution in [0, 0.1) is 6.92 Å². The lowest BCUT2D eigenvalue weighted by molar-refractivity contribution is -0.138. The van der Waals surface area contributed by atoms with Gasteiger partial charge in [0.2, 0.25) is 5.91 Å². The van der Waals surface area contributed by atoms with Gasteiger partial charge in [-0.25, -0.2) is 0 Å². The summed E-state index contributed by atoms with van der Waals surface area (Å²) in [5.74, 6) is 0.154. The van der Waals surface area contributed by atoms with Gasteiger partial charge in [0.15, 0.2) is 0 Å². The van der Waals surface area contributed by atoms with Gasteiger partial charge >= 0.3 is 0 Å². The van der Waals surface area contributed by atoms with Crippen molar-refractivity contribution in [2.24, 2.45) is 0 Å². The Balaban J connectivity index is 1.88. The molecule has 0 aliphatic carbocycles. The van der Waals surface area contributed by atoms with Crippen molar-refractivity contribution >= 4 is 32.7 Å². The predicted octanol–water partition coefficient (Wildman–Crippen LogP) is 2.96.